The highest BCUT2D eigenvalue weighted by Gasteiger charge is 1.96. The van der Waals surface area contributed by atoms with Crippen LogP contribution in [0.5, 0.6) is 5.75 Å². The first kappa shape index (κ1) is 15.8. The van der Waals surface area contributed by atoms with Crippen LogP contribution in [-0.4, -0.2) is 13.2 Å². The van der Waals surface area contributed by atoms with E-state index in [2.05, 4.69) is 24.2 Å². The van der Waals surface area contributed by atoms with Crippen molar-refractivity contribution in [1.29, 1.82) is 0 Å². The van der Waals surface area contributed by atoms with E-state index < -0.39 is 0 Å². The van der Waals surface area contributed by atoms with Gasteiger partial charge in [-0.05, 0) is 30.7 Å². The smallest absolute Gasteiger partial charge is 0.148 e. The Kier molecular flexibility index (Phi) is 9.33. The van der Waals surface area contributed by atoms with Gasteiger partial charge in [0, 0.05) is 6.54 Å². The second-order valence-corrected chi connectivity index (χ2v) is 3.67. The zero-order valence-corrected chi connectivity index (χ0v) is 11.1. The lowest BCUT2D eigenvalue weighted by Crippen LogP contribution is -2.14. The molecule has 0 aliphatic heterocycles. The summed E-state index contributed by atoms with van der Waals surface area (Å²) >= 11 is 0. The van der Waals surface area contributed by atoms with Gasteiger partial charge in [-0.25, -0.2) is 0 Å². The van der Waals surface area contributed by atoms with Crippen LogP contribution in [0.2, 0.25) is 0 Å². The number of benzene rings is 1. The molecular weight excluding hydrogens is 234 g/mol. The molecule has 1 aromatic carbocycles. The van der Waals surface area contributed by atoms with Gasteiger partial charge in [-0.1, -0.05) is 31.4 Å². The van der Waals surface area contributed by atoms with E-state index in [-0.39, 0.29) is 12.4 Å². The van der Waals surface area contributed by atoms with Crippen LogP contribution in [0.15, 0.2) is 24.3 Å². The first-order valence-electron chi connectivity index (χ1n) is 5.72. The molecule has 3 heteroatoms. The number of terminal acetylenes is 1. The van der Waals surface area contributed by atoms with E-state index in [0.717, 1.165) is 18.8 Å². The zero-order chi connectivity index (χ0) is 11.6. The van der Waals surface area contributed by atoms with E-state index in [0.29, 0.717) is 6.61 Å². The first-order valence-corrected chi connectivity index (χ1v) is 5.72. The van der Waals surface area contributed by atoms with Gasteiger partial charge in [0.05, 0.1) is 0 Å². The molecule has 0 aliphatic rings. The largest absolute Gasteiger partial charge is 0.481 e. The topological polar surface area (TPSA) is 21.3 Å². The highest BCUT2D eigenvalue weighted by molar-refractivity contribution is 5.85. The quantitative estimate of drug-likeness (QED) is 0.596. The number of rotatable bonds is 7. The van der Waals surface area contributed by atoms with Crippen LogP contribution in [0, 0.1) is 12.3 Å². The highest BCUT2D eigenvalue weighted by Crippen LogP contribution is 2.12. The normalized spacial score (nSPS) is 9.18. The standard InChI is InChI=1S/C14H19NO.ClH/c1-3-5-9-15-12-13-7-6-8-14(11-13)16-10-4-2;/h2,6-8,11,15H,3,5,9-10,12H2,1H3;1H. The lowest BCUT2D eigenvalue weighted by molar-refractivity contribution is 0.370. The van der Waals surface area contributed by atoms with E-state index in [1.54, 1.807) is 0 Å². The Labute approximate surface area is 110 Å². The molecule has 0 unspecified atom stereocenters. The highest BCUT2D eigenvalue weighted by atomic mass is 35.5. The Morgan fingerprint density at radius 3 is 2.94 bits per heavy atom. The van der Waals surface area contributed by atoms with Crippen LogP contribution >= 0.6 is 12.4 Å². The minimum atomic E-state index is 0. The van der Waals surface area contributed by atoms with Gasteiger partial charge < -0.3 is 10.1 Å². The lowest BCUT2D eigenvalue weighted by Gasteiger charge is -2.06. The van der Waals surface area contributed by atoms with E-state index in [1.165, 1.54) is 18.4 Å². The lowest BCUT2D eigenvalue weighted by atomic mass is 10.2. The maximum atomic E-state index is 5.36. The second-order valence-electron chi connectivity index (χ2n) is 3.67. The van der Waals surface area contributed by atoms with Crippen molar-refractivity contribution in [2.24, 2.45) is 0 Å². The Balaban J connectivity index is 0.00000256. The van der Waals surface area contributed by atoms with Gasteiger partial charge in [0.2, 0.25) is 0 Å². The minimum absolute atomic E-state index is 0. The predicted octanol–water partition coefficient (Wildman–Crippen LogP) is 3.01. The van der Waals surface area contributed by atoms with Crippen molar-refractivity contribution in [1.82, 2.24) is 5.32 Å². The summed E-state index contributed by atoms with van der Waals surface area (Å²) in [6.07, 6.45) is 7.58. The van der Waals surface area contributed by atoms with Crippen molar-refractivity contribution in [3.05, 3.63) is 29.8 Å². The number of hydrogen-bond donors (Lipinski definition) is 1. The molecule has 0 radical (unpaired) electrons. The molecule has 0 saturated heterocycles. The fourth-order valence-corrected chi connectivity index (χ4v) is 1.40. The maximum Gasteiger partial charge on any atom is 0.148 e. The van der Waals surface area contributed by atoms with Gasteiger partial charge in [-0.3, -0.25) is 0 Å². The van der Waals surface area contributed by atoms with Crippen molar-refractivity contribution in [3.63, 3.8) is 0 Å². The molecule has 0 spiro atoms. The molecule has 0 fully saturated rings. The average Bonchev–Trinajstić information content (AvgIpc) is 2.33. The fourth-order valence-electron chi connectivity index (χ4n) is 1.40. The molecule has 0 saturated carbocycles. The number of hydrogen-bond acceptors (Lipinski definition) is 2. The van der Waals surface area contributed by atoms with Crippen molar-refractivity contribution >= 4 is 12.4 Å². The maximum absolute atomic E-state index is 5.36. The number of ether oxygens (including phenoxy) is 1. The fraction of sp³-hybridized carbons (Fsp3) is 0.429. The predicted molar refractivity (Wildman–Crippen MR) is 74.6 cm³/mol. The van der Waals surface area contributed by atoms with Gasteiger partial charge in [0.15, 0.2) is 0 Å². The molecule has 2 nitrogen and oxygen atoms in total. The Morgan fingerprint density at radius 2 is 2.24 bits per heavy atom. The third-order valence-electron chi connectivity index (χ3n) is 2.26. The summed E-state index contributed by atoms with van der Waals surface area (Å²) in [5, 5.41) is 3.39. The molecule has 0 atom stereocenters. The van der Waals surface area contributed by atoms with Gasteiger partial charge in [0.1, 0.15) is 12.4 Å². The van der Waals surface area contributed by atoms with Crippen LogP contribution in [0.25, 0.3) is 0 Å². The molecule has 1 aromatic rings. The van der Waals surface area contributed by atoms with E-state index in [9.17, 15) is 0 Å². The molecule has 94 valence electrons. The van der Waals surface area contributed by atoms with Gasteiger partial charge in [-0.2, -0.15) is 0 Å². The molecule has 0 aliphatic carbocycles. The van der Waals surface area contributed by atoms with Gasteiger partial charge in [0.25, 0.3) is 0 Å². The van der Waals surface area contributed by atoms with Crippen LogP contribution in [0.1, 0.15) is 25.3 Å². The van der Waals surface area contributed by atoms with Crippen molar-refractivity contribution in [2.45, 2.75) is 26.3 Å². The Morgan fingerprint density at radius 1 is 1.41 bits per heavy atom. The van der Waals surface area contributed by atoms with Crippen molar-refractivity contribution in [2.75, 3.05) is 13.2 Å². The summed E-state index contributed by atoms with van der Waals surface area (Å²) in [6.45, 7) is 4.46. The summed E-state index contributed by atoms with van der Waals surface area (Å²) in [7, 11) is 0. The number of unbranched alkanes of at least 4 members (excludes halogenated alkanes) is 1. The zero-order valence-electron chi connectivity index (χ0n) is 10.2. The second kappa shape index (κ2) is 10.0. The molecule has 0 bridgehead atoms. The first-order chi connectivity index (χ1) is 7.86. The molecule has 0 aromatic heterocycles. The van der Waals surface area contributed by atoms with Crippen LogP contribution < -0.4 is 10.1 Å². The molecule has 1 rings (SSSR count). The number of nitrogens with one attached hydrogen (secondary N) is 1. The Hall–Kier alpha value is -1.17. The summed E-state index contributed by atoms with van der Waals surface area (Å²) in [5.41, 5.74) is 1.23. The van der Waals surface area contributed by atoms with Gasteiger partial charge >= 0.3 is 0 Å². The van der Waals surface area contributed by atoms with Crippen LogP contribution in [-0.2, 0) is 6.54 Å². The van der Waals surface area contributed by atoms with E-state index >= 15 is 0 Å². The third-order valence-corrected chi connectivity index (χ3v) is 2.26. The summed E-state index contributed by atoms with van der Waals surface area (Å²) < 4.78 is 5.36. The summed E-state index contributed by atoms with van der Waals surface area (Å²) in [5.74, 6) is 3.30. The van der Waals surface area contributed by atoms with E-state index in [1.807, 2.05) is 18.2 Å². The summed E-state index contributed by atoms with van der Waals surface area (Å²) in [6, 6.07) is 8.02. The van der Waals surface area contributed by atoms with Crippen molar-refractivity contribution in [3.8, 4) is 18.1 Å². The monoisotopic (exact) mass is 253 g/mol. The minimum Gasteiger partial charge on any atom is -0.481 e. The molecule has 0 amide bonds. The van der Waals surface area contributed by atoms with Gasteiger partial charge in [-0.15, -0.1) is 18.8 Å². The third kappa shape index (κ3) is 6.88. The van der Waals surface area contributed by atoms with Crippen molar-refractivity contribution < 1.29 is 4.74 Å². The molecule has 0 heterocycles. The van der Waals surface area contributed by atoms with E-state index in [4.69, 9.17) is 11.2 Å². The van der Waals surface area contributed by atoms with Crippen LogP contribution in [0.3, 0.4) is 0 Å². The average molecular weight is 254 g/mol. The molecule has 1 N–H and O–H groups in total. The Bertz CT molecular complexity index is 346. The van der Waals surface area contributed by atoms with Crippen LogP contribution in [0.4, 0.5) is 0 Å². The molecule has 17 heavy (non-hydrogen) atoms. The molecular formula is C14H20ClNO. The summed E-state index contributed by atoms with van der Waals surface area (Å²) in [4.78, 5) is 0. The SMILES string of the molecule is C#CCOc1cccc(CNCCCC)c1.Cl. The number of halogens is 1.